The highest BCUT2D eigenvalue weighted by molar-refractivity contribution is 5.77. The summed E-state index contributed by atoms with van der Waals surface area (Å²) in [5.41, 5.74) is 1.34. The minimum Gasteiger partial charge on any atom is -0.484 e. The second-order valence-corrected chi connectivity index (χ2v) is 7.54. The number of carbonyl (C=O) groups is 1. The fourth-order valence-corrected chi connectivity index (χ4v) is 4.09. The molecule has 2 aliphatic heterocycles. The Bertz CT molecular complexity index is 552. The molecule has 1 unspecified atom stereocenters. The van der Waals surface area contributed by atoms with E-state index in [9.17, 15) is 9.90 Å². The largest absolute Gasteiger partial charge is 0.484 e. The Hall–Kier alpha value is -1.59. The van der Waals surface area contributed by atoms with E-state index in [4.69, 9.17) is 4.74 Å². The summed E-state index contributed by atoms with van der Waals surface area (Å²) < 4.78 is 5.61. The van der Waals surface area contributed by atoms with E-state index in [1.807, 2.05) is 36.1 Å². The average molecular weight is 332 g/mol. The van der Waals surface area contributed by atoms with Gasteiger partial charge in [-0.15, -0.1) is 0 Å². The predicted molar refractivity (Wildman–Crippen MR) is 93.0 cm³/mol. The summed E-state index contributed by atoms with van der Waals surface area (Å²) in [5.74, 6) is 0.787. The second kappa shape index (κ2) is 7.11. The lowest BCUT2D eigenvalue weighted by molar-refractivity contribution is -0.137. The first-order chi connectivity index (χ1) is 11.5. The zero-order chi connectivity index (χ0) is 17.2. The van der Waals surface area contributed by atoms with Crippen LogP contribution >= 0.6 is 0 Å². The zero-order valence-corrected chi connectivity index (χ0v) is 14.7. The van der Waals surface area contributed by atoms with Crippen LogP contribution in [-0.4, -0.2) is 66.8 Å². The third-order valence-corrected chi connectivity index (χ3v) is 5.36. The monoisotopic (exact) mass is 332 g/mol. The number of likely N-dealkylation sites (N-methyl/N-ethyl adjacent to an activating group) is 1. The first kappa shape index (κ1) is 17.2. The van der Waals surface area contributed by atoms with Crippen LogP contribution in [0.3, 0.4) is 0 Å². The quantitative estimate of drug-likeness (QED) is 0.915. The lowest BCUT2D eigenvalue weighted by Crippen LogP contribution is -2.53. The highest BCUT2D eigenvalue weighted by Crippen LogP contribution is 2.39. The van der Waals surface area contributed by atoms with Crippen molar-refractivity contribution in [1.82, 2.24) is 9.80 Å². The molecule has 0 aromatic heterocycles. The molecule has 132 valence electrons. The summed E-state index contributed by atoms with van der Waals surface area (Å²) >= 11 is 0. The molecule has 0 radical (unpaired) electrons. The van der Waals surface area contributed by atoms with Crippen molar-refractivity contribution >= 4 is 5.91 Å². The van der Waals surface area contributed by atoms with E-state index in [2.05, 4.69) is 11.9 Å². The Morgan fingerprint density at radius 1 is 1.29 bits per heavy atom. The highest BCUT2D eigenvalue weighted by atomic mass is 16.5. The number of hydrogen-bond donors (Lipinski definition) is 1. The van der Waals surface area contributed by atoms with E-state index in [1.54, 1.807) is 0 Å². The average Bonchev–Trinajstić information content (AvgIpc) is 2.53. The smallest absolute Gasteiger partial charge is 0.260 e. The Morgan fingerprint density at radius 2 is 1.96 bits per heavy atom. The lowest BCUT2D eigenvalue weighted by Gasteiger charge is -2.48. The Morgan fingerprint density at radius 3 is 2.58 bits per heavy atom. The number of aliphatic hydroxyl groups is 1. The van der Waals surface area contributed by atoms with Crippen LogP contribution in [-0.2, 0) is 4.79 Å². The molecule has 0 bridgehead atoms. The third-order valence-electron chi connectivity index (χ3n) is 5.36. The Kier molecular flexibility index (Phi) is 5.11. The first-order valence-electron chi connectivity index (χ1n) is 8.80. The van der Waals surface area contributed by atoms with Crippen molar-refractivity contribution in [2.45, 2.75) is 32.3 Å². The van der Waals surface area contributed by atoms with Gasteiger partial charge in [-0.3, -0.25) is 4.79 Å². The summed E-state index contributed by atoms with van der Waals surface area (Å²) in [6, 6.07) is 7.75. The normalized spacial score (nSPS) is 24.1. The standard InChI is InChI=1S/C19H28N2O3/c1-15-3-5-17(6-4-15)24-13-18(23)21-9-7-19(8-10-21)11-16(22)12-20(2)14-19/h3-6,16,22H,7-14H2,1-2H3. The number of hydrogen-bond acceptors (Lipinski definition) is 4. The maximum absolute atomic E-state index is 12.4. The molecule has 0 saturated carbocycles. The maximum Gasteiger partial charge on any atom is 0.260 e. The molecular formula is C19H28N2O3. The number of piperidine rings is 2. The van der Waals surface area contributed by atoms with Crippen LogP contribution in [0.2, 0.25) is 0 Å². The van der Waals surface area contributed by atoms with E-state index in [0.29, 0.717) is 0 Å². The molecular weight excluding hydrogens is 304 g/mol. The number of benzene rings is 1. The van der Waals surface area contributed by atoms with Gasteiger partial charge in [-0.05, 0) is 50.8 Å². The molecule has 2 aliphatic rings. The molecule has 2 heterocycles. The molecule has 1 atom stereocenters. The van der Waals surface area contributed by atoms with Gasteiger partial charge in [-0.2, -0.15) is 0 Å². The van der Waals surface area contributed by atoms with E-state index >= 15 is 0 Å². The van der Waals surface area contributed by atoms with Crippen LogP contribution in [0.25, 0.3) is 0 Å². The molecule has 2 fully saturated rings. The van der Waals surface area contributed by atoms with Gasteiger partial charge in [0.05, 0.1) is 6.10 Å². The molecule has 1 amide bonds. The topological polar surface area (TPSA) is 53.0 Å². The molecule has 1 N–H and O–H groups in total. The number of rotatable bonds is 3. The lowest BCUT2D eigenvalue weighted by atomic mass is 9.72. The summed E-state index contributed by atoms with van der Waals surface area (Å²) in [4.78, 5) is 16.5. The van der Waals surface area contributed by atoms with E-state index < -0.39 is 0 Å². The van der Waals surface area contributed by atoms with Crippen molar-refractivity contribution in [3.8, 4) is 5.75 Å². The molecule has 2 saturated heterocycles. The van der Waals surface area contributed by atoms with Gasteiger partial charge in [0.15, 0.2) is 6.61 Å². The molecule has 24 heavy (non-hydrogen) atoms. The van der Waals surface area contributed by atoms with Crippen LogP contribution in [0.5, 0.6) is 5.75 Å². The minimum absolute atomic E-state index is 0.0511. The SMILES string of the molecule is Cc1ccc(OCC(=O)N2CCC3(CC2)CC(O)CN(C)C3)cc1. The zero-order valence-electron chi connectivity index (χ0n) is 14.7. The second-order valence-electron chi connectivity index (χ2n) is 7.54. The van der Waals surface area contributed by atoms with E-state index in [1.165, 1.54) is 5.56 Å². The minimum atomic E-state index is -0.240. The van der Waals surface area contributed by atoms with Crippen molar-refractivity contribution in [3.05, 3.63) is 29.8 Å². The van der Waals surface area contributed by atoms with Crippen molar-refractivity contribution in [2.24, 2.45) is 5.41 Å². The number of β-amino-alcohol motifs (C(OH)–C–C–N with tert-alkyl or cyclic N) is 1. The predicted octanol–water partition coefficient (Wildman–Crippen LogP) is 1.68. The Balaban J connectivity index is 1.49. The van der Waals surface area contributed by atoms with Crippen LogP contribution in [0.1, 0.15) is 24.8 Å². The number of aliphatic hydroxyl groups excluding tert-OH is 1. The fourth-order valence-electron chi connectivity index (χ4n) is 4.09. The summed E-state index contributed by atoms with van der Waals surface area (Å²) in [5, 5.41) is 10.1. The molecule has 5 heteroatoms. The van der Waals surface area contributed by atoms with Crippen LogP contribution in [0.4, 0.5) is 0 Å². The van der Waals surface area contributed by atoms with Gasteiger partial charge in [-0.25, -0.2) is 0 Å². The molecule has 1 spiro atoms. The van der Waals surface area contributed by atoms with Crippen molar-refractivity contribution < 1.29 is 14.6 Å². The summed E-state index contributed by atoms with van der Waals surface area (Å²) in [7, 11) is 2.07. The number of nitrogens with zero attached hydrogens (tertiary/aromatic N) is 2. The van der Waals surface area contributed by atoms with Crippen molar-refractivity contribution in [1.29, 1.82) is 0 Å². The van der Waals surface area contributed by atoms with Crippen LogP contribution < -0.4 is 4.74 Å². The highest BCUT2D eigenvalue weighted by Gasteiger charge is 2.41. The van der Waals surface area contributed by atoms with Gasteiger partial charge in [0, 0.05) is 26.2 Å². The molecule has 5 nitrogen and oxygen atoms in total. The van der Waals surface area contributed by atoms with E-state index in [-0.39, 0.29) is 24.0 Å². The Labute approximate surface area is 144 Å². The molecule has 1 aromatic carbocycles. The summed E-state index contributed by atoms with van der Waals surface area (Å²) in [6.45, 7) is 5.42. The number of aryl methyl sites for hydroxylation is 1. The first-order valence-corrected chi connectivity index (χ1v) is 8.80. The van der Waals surface area contributed by atoms with Gasteiger partial charge in [0.1, 0.15) is 5.75 Å². The fraction of sp³-hybridized carbons (Fsp3) is 0.632. The molecule has 0 aliphatic carbocycles. The number of carbonyl (C=O) groups excluding carboxylic acids is 1. The molecule has 3 rings (SSSR count). The van der Waals surface area contributed by atoms with Crippen LogP contribution in [0.15, 0.2) is 24.3 Å². The van der Waals surface area contributed by atoms with Crippen molar-refractivity contribution in [2.75, 3.05) is 39.8 Å². The third kappa shape index (κ3) is 4.08. The number of likely N-dealkylation sites (tertiary alicyclic amines) is 2. The van der Waals surface area contributed by atoms with Crippen molar-refractivity contribution in [3.63, 3.8) is 0 Å². The van der Waals surface area contributed by atoms with Gasteiger partial charge >= 0.3 is 0 Å². The van der Waals surface area contributed by atoms with Crippen LogP contribution in [0, 0.1) is 12.3 Å². The molecule has 1 aromatic rings. The number of amides is 1. The van der Waals surface area contributed by atoms with Gasteiger partial charge in [-0.1, -0.05) is 17.7 Å². The number of ether oxygens (including phenoxy) is 1. The summed E-state index contributed by atoms with van der Waals surface area (Å²) in [6.07, 6.45) is 2.55. The van der Waals surface area contributed by atoms with E-state index in [0.717, 1.165) is 51.2 Å². The maximum atomic E-state index is 12.4. The van der Waals surface area contributed by atoms with Gasteiger partial charge in [0.25, 0.3) is 5.91 Å². The van der Waals surface area contributed by atoms with Gasteiger partial charge < -0.3 is 19.6 Å². The van der Waals surface area contributed by atoms with Gasteiger partial charge in [0.2, 0.25) is 0 Å².